The highest BCUT2D eigenvalue weighted by Gasteiger charge is 2.25. The minimum absolute atomic E-state index is 0.202. The standard InChI is InChI=1S/C24H39N3O/c1-3-23-7-4-5-15-27(23)16-6-14-25-24(28)22-12-17-26(18-13-22)19-21-10-8-20(2)9-11-21/h8-11,22-23H,3-7,12-19H2,1-2H3,(H,25,28)/t23-/m0/s1. The topological polar surface area (TPSA) is 35.6 Å². The van der Waals surface area contributed by atoms with Crippen LogP contribution in [0.3, 0.4) is 0 Å². The third-order valence-corrected chi connectivity index (χ3v) is 6.63. The van der Waals surface area contributed by atoms with Gasteiger partial charge in [-0.25, -0.2) is 0 Å². The summed E-state index contributed by atoms with van der Waals surface area (Å²) >= 11 is 0. The van der Waals surface area contributed by atoms with E-state index in [1.807, 2.05) is 0 Å². The highest BCUT2D eigenvalue weighted by Crippen LogP contribution is 2.20. The van der Waals surface area contributed by atoms with Gasteiger partial charge in [0.2, 0.25) is 5.91 Å². The Morgan fingerprint density at radius 1 is 1.07 bits per heavy atom. The Labute approximate surface area is 171 Å². The summed E-state index contributed by atoms with van der Waals surface area (Å²) in [6.07, 6.45) is 8.38. The molecule has 4 nitrogen and oxygen atoms in total. The van der Waals surface area contributed by atoms with Crippen molar-refractivity contribution >= 4 is 5.91 Å². The van der Waals surface area contributed by atoms with Crippen LogP contribution in [-0.2, 0) is 11.3 Å². The Bertz CT molecular complexity index is 592. The van der Waals surface area contributed by atoms with E-state index in [1.54, 1.807) is 0 Å². The summed E-state index contributed by atoms with van der Waals surface area (Å²) in [4.78, 5) is 17.6. The van der Waals surface area contributed by atoms with Gasteiger partial charge in [-0.1, -0.05) is 43.2 Å². The molecule has 28 heavy (non-hydrogen) atoms. The number of likely N-dealkylation sites (tertiary alicyclic amines) is 2. The van der Waals surface area contributed by atoms with Crippen LogP contribution in [0.4, 0.5) is 0 Å². The van der Waals surface area contributed by atoms with Gasteiger partial charge in [-0.15, -0.1) is 0 Å². The second-order valence-electron chi connectivity index (χ2n) is 8.77. The Kier molecular flexibility index (Phi) is 8.35. The van der Waals surface area contributed by atoms with E-state index in [0.29, 0.717) is 0 Å². The normalized spacial score (nSPS) is 22.3. The van der Waals surface area contributed by atoms with Gasteiger partial charge in [0.05, 0.1) is 0 Å². The van der Waals surface area contributed by atoms with Gasteiger partial charge in [-0.2, -0.15) is 0 Å². The number of carbonyl (C=O) groups is 1. The van der Waals surface area contributed by atoms with E-state index in [-0.39, 0.29) is 11.8 Å². The number of hydrogen-bond donors (Lipinski definition) is 1. The maximum atomic E-state index is 12.5. The molecule has 1 aromatic rings. The molecule has 0 aromatic heterocycles. The summed E-state index contributed by atoms with van der Waals surface area (Å²) in [6, 6.07) is 9.57. The van der Waals surface area contributed by atoms with Crippen molar-refractivity contribution in [3.05, 3.63) is 35.4 Å². The summed E-state index contributed by atoms with van der Waals surface area (Å²) in [5, 5.41) is 3.21. The molecule has 156 valence electrons. The van der Waals surface area contributed by atoms with Gasteiger partial charge >= 0.3 is 0 Å². The fraction of sp³-hybridized carbons (Fsp3) is 0.708. The van der Waals surface area contributed by atoms with Crippen LogP contribution < -0.4 is 5.32 Å². The molecule has 0 saturated carbocycles. The number of carbonyl (C=O) groups excluding carboxylic acids is 1. The van der Waals surface area contributed by atoms with E-state index in [2.05, 4.69) is 53.2 Å². The average Bonchev–Trinajstić information content (AvgIpc) is 2.73. The number of rotatable bonds is 8. The smallest absolute Gasteiger partial charge is 0.223 e. The second-order valence-corrected chi connectivity index (χ2v) is 8.77. The number of aryl methyl sites for hydroxylation is 1. The zero-order valence-electron chi connectivity index (χ0n) is 18.0. The molecule has 2 aliphatic heterocycles. The SMILES string of the molecule is CC[C@H]1CCCCN1CCCNC(=O)C1CCN(Cc2ccc(C)cc2)CC1. The third-order valence-electron chi connectivity index (χ3n) is 6.63. The monoisotopic (exact) mass is 385 g/mol. The van der Waals surface area contributed by atoms with Crippen molar-refractivity contribution in [2.45, 2.75) is 71.4 Å². The van der Waals surface area contributed by atoms with Crippen LogP contribution in [0.15, 0.2) is 24.3 Å². The molecule has 2 fully saturated rings. The van der Waals surface area contributed by atoms with Crippen molar-refractivity contribution in [2.24, 2.45) is 5.92 Å². The van der Waals surface area contributed by atoms with Crippen LogP contribution in [0.25, 0.3) is 0 Å². The molecule has 0 radical (unpaired) electrons. The molecule has 0 bridgehead atoms. The number of amides is 1. The molecular formula is C24H39N3O. The second kappa shape index (κ2) is 11.0. The van der Waals surface area contributed by atoms with Gasteiger partial charge in [0.15, 0.2) is 0 Å². The average molecular weight is 386 g/mol. The van der Waals surface area contributed by atoms with Gasteiger partial charge < -0.3 is 10.2 Å². The molecule has 2 saturated heterocycles. The van der Waals surface area contributed by atoms with Crippen LogP contribution in [0.1, 0.15) is 63.0 Å². The minimum Gasteiger partial charge on any atom is -0.356 e. The van der Waals surface area contributed by atoms with Crippen molar-refractivity contribution in [3.8, 4) is 0 Å². The molecule has 3 rings (SSSR count). The van der Waals surface area contributed by atoms with E-state index in [9.17, 15) is 4.79 Å². The summed E-state index contributed by atoms with van der Waals surface area (Å²) in [6.45, 7) is 10.7. The largest absolute Gasteiger partial charge is 0.356 e. The first-order valence-corrected chi connectivity index (χ1v) is 11.5. The number of hydrogen-bond acceptors (Lipinski definition) is 3. The zero-order valence-corrected chi connectivity index (χ0v) is 18.0. The van der Waals surface area contributed by atoms with Crippen LogP contribution in [0.2, 0.25) is 0 Å². The van der Waals surface area contributed by atoms with Crippen molar-refractivity contribution in [2.75, 3.05) is 32.7 Å². The van der Waals surface area contributed by atoms with Gasteiger partial charge in [0.25, 0.3) is 0 Å². The third kappa shape index (κ3) is 6.31. The van der Waals surface area contributed by atoms with Crippen LogP contribution in [0, 0.1) is 12.8 Å². The first-order valence-electron chi connectivity index (χ1n) is 11.5. The van der Waals surface area contributed by atoms with Crippen LogP contribution in [-0.4, -0.2) is 54.5 Å². The van der Waals surface area contributed by atoms with Gasteiger partial charge in [0, 0.05) is 31.6 Å². The number of piperidine rings is 2. The molecule has 4 heteroatoms. The Morgan fingerprint density at radius 2 is 1.82 bits per heavy atom. The summed E-state index contributed by atoms with van der Waals surface area (Å²) in [5.41, 5.74) is 2.68. The molecule has 2 heterocycles. The molecule has 0 aliphatic carbocycles. The highest BCUT2D eigenvalue weighted by molar-refractivity contribution is 5.78. The van der Waals surface area contributed by atoms with E-state index in [4.69, 9.17) is 0 Å². The van der Waals surface area contributed by atoms with Crippen LogP contribution in [0.5, 0.6) is 0 Å². The molecule has 1 amide bonds. The number of benzene rings is 1. The summed E-state index contributed by atoms with van der Waals surface area (Å²) < 4.78 is 0. The maximum Gasteiger partial charge on any atom is 0.223 e. The Balaban J connectivity index is 1.31. The van der Waals surface area contributed by atoms with E-state index >= 15 is 0 Å². The van der Waals surface area contributed by atoms with Crippen molar-refractivity contribution in [3.63, 3.8) is 0 Å². The highest BCUT2D eigenvalue weighted by atomic mass is 16.1. The molecule has 0 unspecified atom stereocenters. The molecule has 2 aliphatic rings. The van der Waals surface area contributed by atoms with Gasteiger partial charge in [0.1, 0.15) is 0 Å². The van der Waals surface area contributed by atoms with Crippen LogP contribution >= 0.6 is 0 Å². The van der Waals surface area contributed by atoms with Gasteiger partial charge in [-0.05, 0) is 70.6 Å². The Morgan fingerprint density at radius 3 is 2.54 bits per heavy atom. The summed E-state index contributed by atoms with van der Waals surface area (Å²) in [7, 11) is 0. The molecule has 1 atom stereocenters. The molecule has 0 spiro atoms. The first-order chi connectivity index (χ1) is 13.7. The maximum absolute atomic E-state index is 12.5. The van der Waals surface area contributed by atoms with E-state index in [0.717, 1.165) is 58.0 Å². The zero-order chi connectivity index (χ0) is 19.8. The fourth-order valence-corrected chi connectivity index (χ4v) is 4.76. The van der Waals surface area contributed by atoms with Crippen molar-refractivity contribution < 1.29 is 4.79 Å². The lowest BCUT2D eigenvalue weighted by Crippen LogP contribution is -2.42. The predicted molar refractivity (Wildman–Crippen MR) is 116 cm³/mol. The molecule has 1 aromatic carbocycles. The van der Waals surface area contributed by atoms with E-state index in [1.165, 1.54) is 43.4 Å². The number of nitrogens with zero attached hydrogens (tertiary/aromatic N) is 2. The lowest BCUT2D eigenvalue weighted by molar-refractivity contribution is -0.126. The molecular weight excluding hydrogens is 346 g/mol. The Hall–Kier alpha value is -1.39. The van der Waals surface area contributed by atoms with E-state index < -0.39 is 0 Å². The fourth-order valence-electron chi connectivity index (χ4n) is 4.76. The lowest BCUT2D eigenvalue weighted by atomic mass is 9.95. The minimum atomic E-state index is 0.202. The van der Waals surface area contributed by atoms with Crippen molar-refractivity contribution in [1.82, 2.24) is 15.1 Å². The van der Waals surface area contributed by atoms with Gasteiger partial charge in [-0.3, -0.25) is 9.69 Å². The quantitative estimate of drug-likeness (QED) is 0.688. The lowest BCUT2D eigenvalue weighted by Gasteiger charge is -2.35. The van der Waals surface area contributed by atoms with Crippen molar-refractivity contribution in [1.29, 1.82) is 0 Å². The first kappa shape index (κ1) is 21.3. The number of nitrogens with one attached hydrogen (secondary N) is 1. The predicted octanol–water partition coefficient (Wildman–Crippen LogP) is 3.98. The summed E-state index contributed by atoms with van der Waals surface area (Å²) in [5.74, 6) is 0.480. The molecule has 1 N–H and O–H groups in total.